The van der Waals surface area contributed by atoms with Gasteiger partial charge in [-0.3, -0.25) is 4.99 Å². The molecule has 1 nitrogen and oxygen atoms in total. The average molecular weight is 201 g/mol. The highest BCUT2D eigenvalue weighted by Gasteiger charge is 2.20. The Morgan fingerprint density at radius 3 is 2.47 bits per heavy atom. The maximum absolute atomic E-state index is 4.60. The summed E-state index contributed by atoms with van der Waals surface area (Å²) in [4.78, 5) is 4.60. The van der Waals surface area contributed by atoms with Crippen molar-refractivity contribution in [2.24, 2.45) is 4.99 Å². The Bertz CT molecular complexity index is 383. The summed E-state index contributed by atoms with van der Waals surface area (Å²) in [7, 11) is 0. The molecule has 1 aliphatic heterocycles. The first kappa shape index (κ1) is 10.4. The van der Waals surface area contributed by atoms with Crippen molar-refractivity contribution in [1.82, 2.24) is 0 Å². The number of hydrogen-bond donors (Lipinski definition) is 0. The third kappa shape index (κ3) is 2.11. The van der Waals surface area contributed by atoms with Gasteiger partial charge < -0.3 is 0 Å². The summed E-state index contributed by atoms with van der Waals surface area (Å²) in [5.41, 5.74) is 4.30. The minimum absolute atomic E-state index is 0.210. The highest BCUT2D eigenvalue weighted by atomic mass is 14.8. The number of aliphatic imine (C=N–C) groups is 1. The first-order valence-electron chi connectivity index (χ1n) is 5.72. The lowest BCUT2D eigenvalue weighted by Crippen LogP contribution is -2.16. The van der Waals surface area contributed by atoms with E-state index in [1.807, 2.05) is 0 Å². The average Bonchev–Trinajstić information content (AvgIpc) is 2.69. The summed E-state index contributed by atoms with van der Waals surface area (Å²) >= 11 is 0. The topological polar surface area (TPSA) is 12.4 Å². The van der Waals surface area contributed by atoms with Crippen molar-refractivity contribution in [2.75, 3.05) is 6.54 Å². The number of hydrogen-bond acceptors (Lipinski definition) is 1. The molecule has 1 aromatic rings. The van der Waals surface area contributed by atoms with Crippen LogP contribution in [0, 0.1) is 0 Å². The minimum atomic E-state index is 0.210. The lowest BCUT2D eigenvalue weighted by Gasteiger charge is -2.22. The van der Waals surface area contributed by atoms with Gasteiger partial charge in [0.1, 0.15) is 0 Å². The summed E-state index contributed by atoms with van der Waals surface area (Å²) in [5.74, 6) is 0. The summed E-state index contributed by atoms with van der Waals surface area (Å²) in [6, 6.07) is 8.69. The smallest absolute Gasteiger partial charge is 0.0424 e. The van der Waals surface area contributed by atoms with E-state index in [1.165, 1.54) is 23.3 Å². The molecule has 1 heteroatoms. The van der Waals surface area contributed by atoms with E-state index in [0.717, 1.165) is 13.0 Å². The predicted molar refractivity (Wildman–Crippen MR) is 65.8 cm³/mol. The molecule has 0 aliphatic carbocycles. The van der Waals surface area contributed by atoms with Crippen molar-refractivity contribution in [1.29, 1.82) is 0 Å². The van der Waals surface area contributed by atoms with Crippen LogP contribution in [0.1, 0.15) is 44.7 Å². The monoisotopic (exact) mass is 201 g/mol. The highest BCUT2D eigenvalue weighted by molar-refractivity contribution is 6.03. The molecule has 1 heterocycles. The first-order valence-corrected chi connectivity index (χ1v) is 5.72. The molecule has 1 aliphatic rings. The van der Waals surface area contributed by atoms with Crippen LogP contribution in [-0.4, -0.2) is 12.3 Å². The molecule has 0 bridgehead atoms. The second-order valence-corrected chi connectivity index (χ2v) is 5.23. The standard InChI is InChI=1S/C14H19N/c1-14(2,3)12-8-5-4-7-11(12)13-9-6-10-15-13/h4-5,7-8H,6,9-10H2,1-3H3. The van der Waals surface area contributed by atoms with Gasteiger partial charge in [0.05, 0.1) is 0 Å². The first-order chi connectivity index (χ1) is 7.09. The van der Waals surface area contributed by atoms with Crippen molar-refractivity contribution in [3.8, 4) is 0 Å². The lowest BCUT2D eigenvalue weighted by atomic mass is 9.82. The van der Waals surface area contributed by atoms with Crippen LogP contribution in [0.4, 0.5) is 0 Å². The fraction of sp³-hybridized carbons (Fsp3) is 0.500. The Balaban J connectivity index is 2.47. The highest BCUT2D eigenvalue weighted by Crippen LogP contribution is 2.28. The molecule has 0 atom stereocenters. The maximum Gasteiger partial charge on any atom is 0.0424 e. The molecule has 80 valence electrons. The van der Waals surface area contributed by atoms with E-state index in [0.29, 0.717) is 0 Å². The molecule has 0 N–H and O–H groups in total. The molecule has 0 aromatic heterocycles. The Morgan fingerprint density at radius 1 is 1.13 bits per heavy atom. The van der Waals surface area contributed by atoms with E-state index in [4.69, 9.17) is 0 Å². The Kier molecular flexibility index (Phi) is 2.64. The van der Waals surface area contributed by atoms with E-state index < -0.39 is 0 Å². The van der Waals surface area contributed by atoms with Crippen LogP contribution in [-0.2, 0) is 5.41 Å². The van der Waals surface area contributed by atoms with Gasteiger partial charge in [-0.25, -0.2) is 0 Å². The van der Waals surface area contributed by atoms with Crippen molar-refractivity contribution in [3.05, 3.63) is 35.4 Å². The Labute approximate surface area is 92.2 Å². The molecule has 0 saturated carbocycles. The normalized spacial score (nSPS) is 16.6. The molecule has 0 spiro atoms. The van der Waals surface area contributed by atoms with Crippen molar-refractivity contribution in [3.63, 3.8) is 0 Å². The van der Waals surface area contributed by atoms with Crippen LogP contribution < -0.4 is 0 Å². The molecule has 0 radical (unpaired) electrons. The zero-order valence-corrected chi connectivity index (χ0v) is 9.88. The lowest BCUT2D eigenvalue weighted by molar-refractivity contribution is 0.589. The van der Waals surface area contributed by atoms with Gasteiger partial charge in [0.2, 0.25) is 0 Å². The Hall–Kier alpha value is -1.11. The van der Waals surface area contributed by atoms with E-state index >= 15 is 0 Å². The third-order valence-electron chi connectivity index (χ3n) is 2.92. The van der Waals surface area contributed by atoms with Crippen LogP contribution in [0.5, 0.6) is 0 Å². The quantitative estimate of drug-likeness (QED) is 0.658. The fourth-order valence-electron chi connectivity index (χ4n) is 2.15. The SMILES string of the molecule is CC(C)(C)c1ccccc1C1=NCCC1. The van der Waals surface area contributed by atoms with Crippen molar-refractivity contribution < 1.29 is 0 Å². The molecule has 0 amide bonds. The van der Waals surface area contributed by atoms with Crippen molar-refractivity contribution in [2.45, 2.75) is 39.0 Å². The van der Waals surface area contributed by atoms with Crippen molar-refractivity contribution >= 4 is 5.71 Å². The summed E-state index contributed by atoms with van der Waals surface area (Å²) in [6.45, 7) is 7.80. The zero-order valence-electron chi connectivity index (χ0n) is 9.88. The van der Waals surface area contributed by atoms with Crippen LogP contribution in [0.15, 0.2) is 29.3 Å². The van der Waals surface area contributed by atoms with Gasteiger partial charge in [-0.05, 0) is 29.4 Å². The largest absolute Gasteiger partial charge is 0.289 e. The maximum atomic E-state index is 4.60. The summed E-state index contributed by atoms with van der Waals surface area (Å²) in [5, 5.41) is 0. The van der Waals surface area contributed by atoms with E-state index in [1.54, 1.807) is 0 Å². The molecule has 0 saturated heterocycles. The third-order valence-corrected chi connectivity index (χ3v) is 2.92. The van der Waals surface area contributed by atoms with Gasteiger partial charge in [0, 0.05) is 12.3 Å². The summed E-state index contributed by atoms with van der Waals surface area (Å²) in [6.07, 6.45) is 2.36. The number of rotatable bonds is 1. The Morgan fingerprint density at radius 2 is 1.87 bits per heavy atom. The molecular weight excluding hydrogens is 182 g/mol. The minimum Gasteiger partial charge on any atom is -0.289 e. The molecule has 2 rings (SSSR count). The zero-order chi connectivity index (χ0) is 10.9. The van der Waals surface area contributed by atoms with E-state index in [9.17, 15) is 0 Å². The summed E-state index contributed by atoms with van der Waals surface area (Å²) < 4.78 is 0. The molecule has 0 unspecified atom stereocenters. The van der Waals surface area contributed by atoms with Gasteiger partial charge in [0.15, 0.2) is 0 Å². The molecule has 0 fully saturated rings. The second-order valence-electron chi connectivity index (χ2n) is 5.23. The van der Waals surface area contributed by atoms with Crippen LogP contribution in [0.3, 0.4) is 0 Å². The second kappa shape index (κ2) is 3.80. The predicted octanol–water partition coefficient (Wildman–Crippen LogP) is 3.57. The van der Waals surface area contributed by atoms with Gasteiger partial charge in [-0.1, -0.05) is 45.0 Å². The van der Waals surface area contributed by atoms with Gasteiger partial charge >= 0.3 is 0 Å². The number of benzene rings is 1. The van der Waals surface area contributed by atoms with E-state index in [2.05, 4.69) is 50.0 Å². The van der Waals surface area contributed by atoms with Gasteiger partial charge in [-0.2, -0.15) is 0 Å². The molecular formula is C14H19N. The van der Waals surface area contributed by atoms with Gasteiger partial charge in [0.25, 0.3) is 0 Å². The van der Waals surface area contributed by atoms with Crippen LogP contribution >= 0.6 is 0 Å². The van der Waals surface area contributed by atoms with E-state index in [-0.39, 0.29) is 5.41 Å². The van der Waals surface area contributed by atoms with Gasteiger partial charge in [-0.15, -0.1) is 0 Å². The fourth-order valence-corrected chi connectivity index (χ4v) is 2.15. The number of nitrogens with zero attached hydrogens (tertiary/aromatic N) is 1. The van der Waals surface area contributed by atoms with Crippen LogP contribution in [0.25, 0.3) is 0 Å². The molecule has 15 heavy (non-hydrogen) atoms. The molecule has 1 aromatic carbocycles. The van der Waals surface area contributed by atoms with Crippen LogP contribution in [0.2, 0.25) is 0 Å².